The number of rotatable bonds is 2. The number of aromatic carboxylic acids is 1. The monoisotopic (exact) mass is 244 g/mol. The SMILES string of the molecule is O=C(O)c1[nH]nnc1-c1ccc2c(n1)CCCC2. The normalized spacial score (nSPS) is 14.2. The molecule has 0 saturated carbocycles. The minimum absolute atomic E-state index is 0.0155. The Morgan fingerprint density at radius 2 is 2.11 bits per heavy atom. The molecule has 1 aliphatic carbocycles. The highest BCUT2D eigenvalue weighted by Crippen LogP contribution is 2.24. The summed E-state index contributed by atoms with van der Waals surface area (Å²) in [5.74, 6) is -1.07. The van der Waals surface area contributed by atoms with Crippen LogP contribution in [0.4, 0.5) is 0 Å². The first kappa shape index (κ1) is 10.9. The van der Waals surface area contributed by atoms with Gasteiger partial charge in [0.15, 0.2) is 5.69 Å². The van der Waals surface area contributed by atoms with E-state index in [9.17, 15) is 4.79 Å². The number of nitrogens with zero attached hydrogens (tertiary/aromatic N) is 3. The molecule has 1 aliphatic rings. The predicted octanol–water partition coefficient (Wildman–Crippen LogP) is 1.44. The van der Waals surface area contributed by atoms with Crippen LogP contribution in [-0.4, -0.2) is 31.5 Å². The third-order valence-corrected chi connectivity index (χ3v) is 3.18. The summed E-state index contributed by atoms with van der Waals surface area (Å²) in [4.78, 5) is 15.5. The second-order valence-electron chi connectivity index (χ2n) is 4.35. The molecule has 18 heavy (non-hydrogen) atoms. The maximum absolute atomic E-state index is 11.0. The number of H-pyrrole nitrogens is 1. The van der Waals surface area contributed by atoms with E-state index in [0.29, 0.717) is 11.4 Å². The van der Waals surface area contributed by atoms with Gasteiger partial charge in [0.1, 0.15) is 5.69 Å². The molecule has 0 amide bonds. The van der Waals surface area contributed by atoms with Gasteiger partial charge < -0.3 is 5.11 Å². The molecular formula is C12H12N4O2. The fourth-order valence-electron chi connectivity index (χ4n) is 2.27. The summed E-state index contributed by atoms with van der Waals surface area (Å²) in [6.45, 7) is 0. The van der Waals surface area contributed by atoms with Gasteiger partial charge >= 0.3 is 5.97 Å². The van der Waals surface area contributed by atoms with Crippen LogP contribution in [0.5, 0.6) is 0 Å². The zero-order valence-corrected chi connectivity index (χ0v) is 9.68. The Balaban J connectivity index is 2.06. The molecule has 0 aromatic carbocycles. The molecule has 6 heteroatoms. The summed E-state index contributed by atoms with van der Waals surface area (Å²) in [7, 11) is 0. The molecule has 92 valence electrons. The van der Waals surface area contributed by atoms with Crippen molar-refractivity contribution in [3.63, 3.8) is 0 Å². The fraction of sp³-hybridized carbons (Fsp3) is 0.333. The molecule has 0 fully saturated rings. The van der Waals surface area contributed by atoms with Crippen molar-refractivity contribution in [2.75, 3.05) is 0 Å². The first-order valence-electron chi connectivity index (χ1n) is 5.89. The maximum atomic E-state index is 11.0. The third kappa shape index (κ3) is 1.75. The molecule has 0 radical (unpaired) electrons. The molecule has 0 spiro atoms. The number of aromatic nitrogens is 4. The minimum Gasteiger partial charge on any atom is -0.476 e. The quantitative estimate of drug-likeness (QED) is 0.834. The summed E-state index contributed by atoms with van der Waals surface area (Å²) in [5, 5.41) is 18.7. The number of carboxylic acids is 1. The minimum atomic E-state index is -1.07. The van der Waals surface area contributed by atoms with E-state index in [0.717, 1.165) is 25.0 Å². The lowest BCUT2D eigenvalue weighted by Gasteiger charge is -2.14. The summed E-state index contributed by atoms with van der Waals surface area (Å²) in [6.07, 6.45) is 4.32. The summed E-state index contributed by atoms with van der Waals surface area (Å²) >= 11 is 0. The largest absolute Gasteiger partial charge is 0.476 e. The van der Waals surface area contributed by atoms with E-state index in [4.69, 9.17) is 5.11 Å². The molecule has 0 atom stereocenters. The highest BCUT2D eigenvalue weighted by atomic mass is 16.4. The number of aryl methyl sites for hydroxylation is 2. The van der Waals surface area contributed by atoms with Crippen molar-refractivity contribution in [2.24, 2.45) is 0 Å². The second-order valence-corrected chi connectivity index (χ2v) is 4.35. The lowest BCUT2D eigenvalue weighted by atomic mass is 9.95. The van der Waals surface area contributed by atoms with Gasteiger partial charge in [0.05, 0.1) is 5.69 Å². The molecule has 3 rings (SSSR count). The van der Waals surface area contributed by atoms with Crippen molar-refractivity contribution >= 4 is 5.97 Å². The molecule has 0 bridgehead atoms. The highest BCUT2D eigenvalue weighted by molar-refractivity contribution is 5.91. The van der Waals surface area contributed by atoms with Gasteiger partial charge in [-0.3, -0.25) is 10.1 Å². The van der Waals surface area contributed by atoms with Crippen LogP contribution >= 0.6 is 0 Å². The van der Waals surface area contributed by atoms with Crippen LogP contribution in [0.2, 0.25) is 0 Å². The summed E-state index contributed by atoms with van der Waals surface area (Å²) < 4.78 is 0. The molecule has 2 N–H and O–H groups in total. The number of aromatic amines is 1. The lowest BCUT2D eigenvalue weighted by molar-refractivity contribution is 0.0691. The lowest BCUT2D eigenvalue weighted by Crippen LogP contribution is -2.07. The Labute approximate surface area is 103 Å². The fourth-order valence-corrected chi connectivity index (χ4v) is 2.27. The van der Waals surface area contributed by atoms with Crippen LogP contribution in [0, 0.1) is 0 Å². The highest BCUT2D eigenvalue weighted by Gasteiger charge is 2.19. The molecular weight excluding hydrogens is 232 g/mol. The van der Waals surface area contributed by atoms with E-state index in [-0.39, 0.29) is 5.69 Å². The Morgan fingerprint density at radius 1 is 1.28 bits per heavy atom. The third-order valence-electron chi connectivity index (χ3n) is 3.18. The van der Waals surface area contributed by atoms with E-state index in [1.807, 2.05) is 12.1 Å². The summed E-state index contributed by atoms with van der Waals surface area (Å²) in [5.41, 5.74) is 3.17. The van der Waals surface area contributed by atoms with E-state index >= 15 is 0 Å². The maximum Gasteiger partial charge on any atom is 0.356 e. The number of carbonyl (C=O) groups is 1. The molecule has 6 nitrogen and oxygen atoms in total. The van der Waals surface area contributed by atoms with E-state index in [1.165, 1.54) is 12.0 Å². The van der Waals surface area contributed by atoms with Crippen LogP contribution < -0.4 is 0 Å². The molecule has 2 heterocycles. The molecule has 0 aliphatic heterocycles. The zero-order chi connectivity index (χ0) is 12.5. The van der Waals surface area contributed by atoms with Gasteiger partial charge in [-0.25, -0.2) is 4.79 Å². The first-order chi connectivity index (χ1) is 8.75. The zero-order valence-electron chi connectivity index (χ0n) is 9.68. The van der Waals surface area contributed by atoms with E-state index in [2.05, 4.69) is 20.4 Å². The Hall–Kier alpha value is -2.24. The average molecular weight is 244 g/mol. The Morgan fingerprint density at radius 3 is 2.94 bits per heavy atom. The number of nitrogens with one attached hydrogen (secondary N) is 1. The van der Waals surface area contributed by atoms with Crippen molar-refractivity contribution in [1.82, 2.24) is 20.4 Å². The number of fused-ring (bicyclic) bond motifs is 1. The van der Waals surface area contributed by atoms with Gasteiger partial charge in [-0.2, -0.15) is 0 Å². The Bertz CT molecular complexity index is 606. The topological polar surface area (TPSA) is 91.8 Å². The van der Waals surface area contributed by atoms with Crippen LogP contribution in [0.25, 0.3) is 11.4 Å². The van der Waals surface area contributed by atoms with Crippen molar-refractivity contribution in [1.29, 1.82) is 0 Å². The molecule has 2 aromatic rings. The van der Waals surface area contributed by atoms with Gasteiger partial charge in [0, 0.05) is 5.69 Å². The van der Waals surface area contributed by atoms with Gasteiger partial charge in [-0.05, 0) is 37.3 Å². The predicted molar refractivity (Wildman–Crippen MR) is 63.2 cm³/mol. The number of hydrogen-bond donors (Lipinski definition) is 2. The van der Waals surface area contributed by atoms with E-state index in [1.54, 1.807) is 0 Å². The van der Waals surface area contributed by atoms with Gasteiger partial charge in [-0.1, -0.05) is 11.3 Å². The van der Waals surface area contributed by atoms with Crippen molar-refractivity contribution in [3.05, 3.63) is 29.1 Å². The average Bonchev–Trinajstić information content (AvgIpc) is 2.87. The number of hydrogen-bond acceptors (Lipinski definition) is 4. The van der Waals surface area contributed by atoms with Gasteiger partial charge in [0.2, 0.25) is 0 Å². The number of pyridine rings is 1. The molecule has 0 unspecified atom stereocenters. The first-order valence-corrected chi connectivity index (χ1v) is 5.89. The molecule has 0 saturated heterocycles. The van der Waals surface area contributed by atoms with Gasteiger partial charge in [0.25, 0.3) is 0 Å². The standard InChI is InChI=1S/C12H12N4O2/c17-12(18)11-10(14-16-15-11)9-6-5-7-3-1-2-4-8(7)13-9/h5-6H,1-4H2,(H,17,18)(H,14,15,16). The van der Waals surface area contributed by atoms with Crippen molar-refractivity contribution in [2.45, 2.75) is 25.7 Å². The van der Waals surface area contributed by atoms with Crippen molar-refractivity contribution in [3.8, 4) is 11.4 Å². The van der Waals surface area contributed by atoms with Gasteiger partial charge in [-0.15, -0.1) is 5.10 Å². The van der Waals surface area contributed by atoms with Crippen LogP contribution in [0.3, 0.4) is 0 Å². The van der Waals surface area contributed by atoms with Crippen LogP contribution in [0.1, 0.15) is 34.6 Å². The van der Waals surface area contributed by atoms with Crippen LogP contribution in [-0.2, 0) is 12.8 Å². The van der Waals surface area contributed by atoms with Crippen LogP contribution in [0.15, 0.2) is 12.1 Å². The van der Waals surface area contributed by atoms with E-state index < -0.39 is 5.97 Å². The smallest absolute Gasteiger partial charge is 0.356 e. The summed E-state index contributed by atoms with van der Waals surface area (Å²) in [6, 6.07) is 3.82. The molecule has 2 aromatic heterocycles. The Kier molecular flexibility index (Phi) is 2.55. The second kappa shape index (κ2) is 4.21. The number of carboxylic acid groups (broad SMARTS) is 1. The van der Waals surface area contributed by atoms with Crippen molar-refractivity contribution < 1.29 is 9.90 Å².